The first-order valence-corrected chi connectivity index (χ1v) is 9.09. The fourth-order valence-corrected chi connectivity index (χ4v) is 3.11. The average Bonchev–Trinajstić information content (AvgIpc) is 2.61. The van der Waals surface area contributed by atoms with E-state index in [1.54, 1.807) is 12.1 Å². The summed E-state index contributed by atoms with van der Waals surface area (Å²) in [5.74, 6) is -0.235. The lowest BCUT2D eigenvalue weighted by Crippen LogP contribution is -2.48. The maximum atomic E-state index is 13.7. The predicted molar refractivity (Wildman–Crippen MR) is 110 cm³/mol. The molecule has 0 aromatic heterocycles. The standard InChI is InChI=1S/C22H30FN3/c1-6-17-7-9-18(10-8-17)14-25-22(2,3)16-26(5)21-13-20(23)12-11-19(21)15-24-4/h7-13,25H,4,6,14-16H2,1-3,5H3. The molecule has 2 rings (SSSR count). The van der Waals surface area contributed by atoms with Crippen LogP contribution in [0.1, 0.15) is 37.5 Å². The molecule has 0 saturated carbocycles. The van der Waals surface area contributed by atoms with Crippen LogP contribution in [0.25, 0.3) is 0 Å². The summed E-state index contributed by atoms with van der Waals surface area (Å²) in [4.78, 5) is 6.03. The van der Waals surface area contributed by atoms with Crippen LogP contribution in [-0.2, 0) is 19.5 Å². The van der Waals surface area contributed by atoms with Crippen molar-refractivity contribution >= 4 is 12.4 Å². The molecule has 0 radical (unpaired) electrons. The Bertz CT molecular complexity index is 723. The Morgan fingerprint density at radius 2 is 1.77 bits per heavy atom. The van der Waals surface area contributed by atoms with E-state index in [1.807, 2.05) is 7.05 Å². The van der Waals surface area contributed by atoms with E-state index in [1.165, 1.54) is 17.2 Å². The number of benzene rings is 2. The molecule has 0 atom stereocenters. The smallest absolute Gasteiger partial charge is 0.125 e. The molecule has 0 bridgehead atoms. The van der Waals surface area contributed by atoms with Crippen molar-refractivity contribution in [3.8, 4) is 0 Å². The Morgan fingerprint density at radius 1 is 1.12 bits per heavy atom. The zero-order valence-electron chi connectivity index (χ0n) is 16.3. The van der Waals surface area contributed by atoms with Gasteiger partial charge in [-0.2, -0.15) is 0 Å². The van der Waals surface area contributed by atoms with Crippen molar-refractivity contribution < 1.29 is 4.39 Å². The Balaban J connectivity index is 2.03. The van der Waals surface area contributed by atoms with Gasteiger partial charge in [0, 0.05) is 31.4 Å². The van der Waals surface area contributed by atoms with Crippen molar-refractivity contribution in [3.63, 3.8) is 0 Å². The van der Waals surface area contributed by atoms with Gasteiger partial charge in [0.1, 0.15) is 5.82 Å². The van der Waals surface area contributed by atoms with Gasteiger partial charge in [0.15, 0.2) is 0 Å². The van der Waals surface area contributed by atoms with E-state index in [0.717, 1.165) is 30.8 Å². The van der Waals surface area contributed by atoms with Gasteiger partial charge in [-0.25, -0.2) is 4.39 Å². The number of nitrogens with zero attached hydrogens (tertiary/aromatic N) is 2. The molecule has 26 heavy (non-hydrogen) atoms. The highest BCUT2D eigenvalue weighted by Gasteiger charge is 2.21. The van der Waals surface area contributed by atoms with Crippen molar-refractivity contribution in [1.82, 2.24) is 5.32 Å². The third-order valence-electron chi connectivity index (χ3n) is 4.58. The number of likely N-dealkylation sites (N-methyl/N-ethyl adjacent to an activating group) is 1. The van der Waals surface area contributed by atoms with E-state index in [9.17, 15) is 4.39 Å². The number of aliphatic imine (C=N–C) groups is 1. The van der Waals surface area contributed by atoms with Crippen molar-refractivity contribution in [2.24, 2.45) is 4.99 Å². The second kappa shape index (κ2) is 8.95. The van der Waals surface area contributed by atoms with Crippen LogP contribution in [0.2, 0.25) is 0 Å². The fraction of sp³-hybridized carbons (Fsp3) is 0.409. The van der Waals surface area contributed by atoms with Crippen molar-refractivity contribution in [2.75, 3.05) is 18.5 Å². The summed E-state index contributed by atoms with van der Waals surface area (Å²) in [6.45, 7) is 12.1. The Kier molecular flexibility index (Phi) is 6.92. The SMILES string of the molecule is C=NCc1ccc(F)cc1N(C)CC(C)(C)NCc1ccc(CC)cc1. The predicted octanol–water partition coefficient (Wildman–Crippen LogP) is 4.59. The monoisotopic (exact) mass is 355 g/mol. The molecule has 0 unspecified atom stereocenters. The lowest BCUT2D eigenvalue weighted by atomic mass is 10.0. The molecule has 0 aliphatic rings. The van der Waals surface area contributed by atoms with Crippen molar-refractivity contribution in [1.29, 1.82) is 0 Å². The summed E-state index contributed by atoms with van der Waals surface area (Å²) in [6.07, 6.45) is 1.06. The van der Waals surface area contributed by atoms with E-state index < -0.39 is 0 Å². The third kappa shape index (κ3) is 5.67. The fourth-order valence-electron chi connectivity index (χ4n) is 3.11. The van der Waals surface area contributed by atoms with Crippen LogP contribution in [0.15, 0.2) is 47.5 Å². The molecule has 0 saturated heterocycles. The summed E-state index contributed by atoms with van der Waals surface area (Å²) in [5, 5.41) is 3.61. The summed E-state index contributed by atoms with van der Waals surface area (Å²) in [6, 6.07) is 13.5. The highest BCUT2D eigenvalue weighted by molar-refractivity contribution is 5.54. The Labute approximate surface area is 157 Å². The minimum absolute atomic E-state index is 0.136. The molecule has 0 aliphatic carbocycles. The largest absolute Gasteiger partial charge is 0.372 e. The molecular formula is C22H30FN3. The van der Waals surface area contributed by atoms with Gasteiger partial charge in [-0.3, -0.25) is 4.99 Å². The van der Waals surface area contributed by atoms with Crippen LogP contribution in [0, 0.1) is 5.82 Å². The number of nitrogens with one attached hydrogen (secondary N) is 1. The van der Waals surface area contributed by atoms with Crippen molar-refractivity contribution in [2.45, 2.75) is 45.8 Å². The summed E-state index contributed by atoms with van der Waals surface area (Å²) >= 11 is 0. The zero-order chi connectivity index (χ0) is 19.2. The number of anilines is 1. The zero-order valence-corrected chi connectivity index (χ0v) is 16.3. The van der Waals surface area contributed by atoms with Gasteiger partial charge in [0.2, 0.25) is 0 Å². The number of rotatable bonds is 9. The maximum Gasteiger partial charge on any atom is 0.125 e. The minimum atomic E-state index is -0.235. The highest BCUT2D eigenvalue weighted by atomic mass is 19.1. The van der Waals surface area contributed by atoms with Gasteiger partial charge in [-0.15, -0.1) is 0 Å². The normalized spacial score (nSPS) is 11.4. The molecule has 3 nitrogen and oxygen atoms in total. The average molecular weight is 356 g/mol. The summed E-state index contributed by atoms with van der Waals surface area (Å²) in [7, 11) is 1.99. The first-order valence-electron chi connectivity index (χ1n) is 9.09. The lowest BCUT2D eigenvalue weighted by molar-refractivity contribution is 0.390. The molecule has 140 valence electrons. The molecule has 0 spiro atoms. The first-order chi connectivity index (χ1) is 12.3. The number of hydrogen-bond acceptors (Lipinski definition) is 3. The van der Waals surface area contributed by atoms with Crippen LogP contribution in [-0.4, -0.2) is 25.8 Å². The van der Waals surface area contributed by atoms with Crippen molar-refractivity contribution in [3.05, 3.63) is 65.0 Å². The first kappa shape index (κ1) is 20.1. The number of halogens is 1. The molecular weight excluding hydrogens is 325 g/mol. The molecule has 4 heteroatoms. The van der Waals surface area contributed by atoms with E-state index in [-0.39, 0.29) is 11.4 Å². The molecule has 0 heterocycles. The molecule has 0 aliphatic heterocycles. The van der Waals surface area contributed by atoms with Crippen LogP contribution in [0.3, 0.4) is 0 Å². The second-order valence-corrected chi connectivity index (χ2v) is 7.42. The Hall–Kier alpha value is -2.20. The van der Waals surface area contributed by atoms with Crippen LogP contribution in [0.5, 0.6) is 0 Å². The molecule has 0 amide bonds. The highest BCUT2D eigenvalue weighted by Crippen LogP contribution is 2.23. The van der Waals surface area contributed by atoms with Crippen LogP contribution < -0.4 is 10.2 Å². The number of aryl methyl sites for hydroxylation is 1. The molecule has 0 fully saturated rings. The molecule has 2 aromatic rings. The van der Waals surface area contributed by atoms with Gasteiger partial charge in [0.05, 0.1) is 6.54 Å². The second-order valence-electron chi connectivity index (χ2n) is 7.42. The van der Waals surface area contributed by atoms with Crippen LogP contribution in [0.4, 0.5) is 10.1 Å². The van der Waals surface area contributed by atoms with Gasteiger partial charge < -0.3 is 10.2 Å². The van der Waals surface area contributed by atoms with E-state index in [4.69, 9.17) is 0 Å². The Morgan fingerprint density at radius 3 is 2.38 bits per heavy atom. The summed E-state index contributed by atoms with van der Waals surface area (Å²) in [5.41, 5.74) is 4.32. The van der Waals surface area contributed by atoms with Gasteiger partial charge in [0.25, 0.3) is 0 Å². The number of hydrogen-bond donors (Lipinski definition) is 1. The minimum Gasteiger partial charge on any atom is -0.372 e. The van der Waals surface area contributed by atoms with E-state index in [2.05, 4.69) is 67.0 Å². The van der Waals surface area contributed by atoms with Crippen LogP contribution >= 0.6 is 0 Å². The van der Waals surface area contributed by atoms with Gasteiger partial charge in [-0.05, 0) is 55.8 Å². The van der Waals surface area contributed by atoms with Gasteiger partial charge >= 0.3 is 0 Å². The van der Waals surface area contributed by atoms with E-state index in [0.29, 0.717) is 6.54 Å². The topological polar surface area (TPSA) is 27.6 Å². The molecule has 2 aromatic carbocycles. The van der Waals surface area contributed by atoms with Gasteiger partial charge in [-0.1, -0.05) is 37.3 Å². The lowest BCUT2D eigenvalue weighted by Gasteiger charge is -2.33. The maximum absolute atomic E-state index is 13.7. The molecule has 1 N–H and O–H groups in total. The quantitative estimate of drug-likeness (QED) is 0.666. The summed E-state index contributed by atoms with van der Waals surface area (Å²) < 4.78 is 13.7. The third-order valence-corrected chi connectivity index (χ3v) is 4.58. The van der Waals surface area contributed by atoms with E-state index >= 15 is 0 Å².